The van der Waals surface area contributed by atoms with Crippen LogP contribution in [-0.2, 0) is 19.3 Å². The highest BCUT2D eigenvalue weighted by Gasteiger charge is 2.36. The molecular weight excluding hydrogens is 331 g/mol. The van der Waals surface area contributed by atoms with Gasteiger partial charge in [0.25, 0.3) is 0 Å². The SMILES string of the molecule is CC(C)OCCOC1CS(=O)(=O)CC1I. The highest BCUT2D eigenvalue weighted by molar-refractivity contribution is 14.1. The van der Waals surface area contributed by atoms with Crippen molar-refractivity contribution < 1.29 is 17.9 Å². The third kappa shape index (κ3) is 4.97. The van der Waals surface area contributed by atoms with Crippen molar-refractivity contribution in [1.29, 1.82) is 0 Å². The molecule has 1 saturated heterocycles. The van der Waals surface area contributed by atoms with Crippen LogP contribution in [0.3, 0.4) is 0 Å². The van der Waals surface area contributed by atoms with Gasteiger partial charge in [0.1, 0.15) is 0 Å². The predicted octanol–water partition coefficient (Wildman–Crippen LogP) is 1.03. The van der Waals surface area contributed by atoms with Crippen LogP contribution >= 0.6 is 22.6 Å². The van der Waals surface area contributed by atoms with E-state index in [0.29, 0.717) is 13.2 Å². The summed E-state index contributed by atoms with van der Waals surface area (Å²) in [4.78, 5) is 0. The van der Waals surface area contributed by atoms with Crippen molar-refractivity contribution in [1.82, 2.24) is 0 Å². The van der Waals surface area contributed by atoms with Gasteiger partial charge < -0.3 is 9.47 Å². The Balaban J connectivity index is 2.23. The smallest absolute Gasteiger partial charge is 0.154 e. The van der Waals surface area contributed by atoms with Gasteiger partial charge in [-0.25, -0.2) is 8.42 Å². The van der Waals surface area contributed by atoms with Crippen LogP contribution in [0.4, 0.5) is 0 Å². The largest absolute Gasteiger partial charge is 0.376 e. The van der Waals surface area contributed by atoms with Gasteiger partial charge in [0.05, 0.1) is 40.9 Å². The molecule has 0 aromatic carbocycles. The fraction of sp³-hybridized carbons (Fsp3) is 1.00. The van der Waals surface area contributed by atoms with Crippen LogP contribution in [0.25, 0.3) is 0 Å². The Morgan fingerprint density at radius 2 is 2.00 bits per heavy atom. The molecule has 6 heteroatoms. The average molecular weight is 348 g/mol. The molecule has 90 valence electrons. The summed E-state index contributed by atoms with van der Waals surface area (Å²) in [5.74, 6) is 0.394. The average Bonchev–Trinajstić information content (AvgIpc) is 2.33. The Morgan fingerprint density at radius 3 is 2.47 bits per heavy atom. The molecule has 0 aliphatic carbocycles. The first-order valence-electron chi connectivity index (χ1n) is 4.98. The normalized spacial score (nSPS) is 29.9. The van der Waals surface area contributed by atoms with Crippen molar-refractivity contribution in [3.8, 4) is 0 Å². The van der Waals surface area contributed by atoms with Crippen LogP contribution in [0.1, 0.15) is 13.8 Å². The van der Waals surface area contributed by atoms with Gasteiger partial charge in [-0.3, -0.25) is 0 Å². The maximum Gasteiger partial charge on any atom is 0.154 e. The molecule has 0 N–H and O–H groups in total. The molecule has 0 aromatic heterocycles. The number of sulfone groups is 1. The number of hydrogen-bond acceptors (Lipinski definition) is 4. The summed E-state index contributed by atoms with van der Waals surface area (Å²) in [5, 5.41) is 0. The molecule has 1 heterocycles. The third-order valence-electron chi connectivity index (χ3n) is 2.10. The first-order chi connectivity index (χ1) is 6.91. The molecule has 15 heavy (non-hydrogen) atoms. The van der Waals surface area contributed by atoms with Gasteiger partial charge in [-0.05, 0) is 13.8 Å². The Bertz CT molecular complexity index is 288. The lowest BCUT2D eigenvalue weighted by Crippen LogP contribution is -2.24. The number of ether oxygens (including phenoxy) is 2. The summed E-state index contributed by atoms with van der Waals surface area (Å²) in [6, 6.07) is 0. The third-order valence-corrected chi connectivity index (χ3v) is 5.64. The second-order valence-electron chi connectivity index (χ2n) is 3.92. The lowest BCUT2D eigenvalue weighted by atomic mass is 10.3. The Labute approximate surface area is 105 Å². The molecule has 1 fully saturated rings. The zero-order chi connectivity index (χ0) is 11.5. The van der Waals surface area contributed by atoms with Crippen LogP contribution in [-0.4, -0.2) is 49.3 Å². The molecule has 1 aliphatic rings. The number of alkyl halides is 1. The van der Waals surface area contributed by atoms with E-state index in [1.54, 1.807) is 0 Å². The summed E-state index contributed by atoms with van der Waals surface area (Å²) >= 11 is 2.14. The predicted molar refractivity (Wildman–Crippen MR) is 67.3 cm³/mol. The van der Waals surface area contributed by atoms with E-state index in [2.05, 4.69) is 22.6 Å². The van der Waals surface area contributed by atoms with Crippen molar-refractivity contribution >= 4 is 32.4 Å². The molecule has 1 aliphatic heterocycles. The van der Waals surface area contributed by atoms with E-state index in [1.165, 1.54) is 0 Å². The Kier molecular flexibility index (Phi) is 5.27. The topological polar surface area (TPSA) is 52.6 Å². The highest BCUT2D eigenvalue weighted by atomic mass is 127. The van der Waals surface area contributed by atoms with Crippen molar-refractivity contribution in [3.63, 3.8) is 0 Å². The van der Waals surface area contributed by atoms with E-state index < -0.39 is 9.84 Å². The van der Waals surface area contributed by atoms with Crippen molar-refractivity contribution in [2.45, 2.75) is 30.0 Å². The van der Waals surface area contributed by atoms with Gasteiger partial charge >= 0.3 is 0 Å². The van der Waals surface area contributed by atoms with Gasteiger partial charge in [-0.15, -0.1) is 0 Å². The first kappa shape index (κ1) is 13.7. The molecule has 0 spiro atoms. The number of hydrogen-bond donors (Lipinski definition) is 0. The fourth-order valence-corrected chi connectivity index (χ4v) is 5.52. The molecule has 0 radical (unpaired) electrons. The van der Waals surface area contributed by atoms with E-state index in [0.717, 1.165) is 0 Å². The zero-order valence-corrected chi connectivity index (χ0v) is 12.0. The Morgan fingerprint density at radius 1 is 1.33 bits per heavy atom. The van der Waals surface area contributed by atoms with Gasteiger partial charge in [0.15, 0.2) is 9.84 Å². The minimum Gasteiger partial charge on any atom is -0.376 e. The molecule has 4 nitrogen and oxygen atoms in total. The van der Waals surface area contributed by atoms with Gasteiger partial charge in [0, 0.05) is 0 Å². The Hall–Kier alpha value is 0.600. The highest BCUT2D eigenvalue weighted by Crippen LogP contribution is 2.22. The van der Waals surface area contributed by atoms with Gasteiger partial charge in [-0.1, -0.05) is 22.6 Å². The molecule has 0 aromatic rings. The van der Waals surface area contributed by atoms with Crippen molar-refractivity contribution in [2.75, 3.05) is 24.7 Å². The zero-order valence-electron chi connectivity index (χ0n) is 8.98. The van der Waals surface area contributed by atoms with Crippen LogP contribution in [0.2, 0.25) is 0 Å². The molecule has 2 atom stereocenters. The number of halogens is 1. The summed E-state index contributed by atoms with van der Waals surface area (Å²) in [6.45, 7) is 4.91. The molecule has 1 rings (SSSR count). The lowest BCUT2D eigenvalue weighted by Gasteiger charge is -2.14. The minimum absolute atomic E-state index is 0.0756. The van der Waals surface area contributed by atoms with E-state index in [4.69, 9.17) is 9.47 Å². The second-order valence-corrected chi connectivity index (χ2v) is 7.68. The van der Waals surface area contributed by atoms with E-state index in [9.17, 15) is 8.42 Å². The maximum atomic E-state index is 11.3. The van der Waals surface area contributed by atoms with E-state index in [-0.39, 0.29) is 27.6 Å². The number of rotatable bonds is 5. The summed E-state index contributed by atoms with van der Waals surface area (Å²) in [5.41, 5.74) is 0. The van der Waals surface area contributed by atoms with Crippen molar-refractivity contribution in [2.24, 2.45) is 0 Å². The van der Waals surface area contributed by atoms with Gasteiger partial charge in [0.2, 0.25) is 0 Å². The van der Waals surface area contributed by atoms with Crippen LogP contribution in [0, 0.1) is 0 Å². The van der Waals surface area contributed by atoms with E-state index >= 15 is 0 Å². The van der Waals surface area contributed by atoms with Crippen LogP contribution < -0.4 is 0 Å². The quantitative estimate of drug-likeness (QED) is 0.423. The van der Waals surface area contributed by atoms with E-state index in [1.807, 2.05) is 13.8 Å². The second kappa shape index (κ2) is 5.79. The fourth-order valence-electron chi connectivity index (χ4n) is 1.41. The molecule has 0 bridgehead atoms. The molecule has 2 unspecified atom stereocenters. The van der Waals surface area contributed by atoms with Crippen LogP contribution in [0.5, 0.6) is 0 Å². The first-order valence-corrected chi connectivity index (χ1v) is 8.05. The molecular formula is C9H17IO4S. The minimum atomic E-state index is -2.87. The maximum absolute atomic E-state index is 11.3. The molecule has 0 saturated carbocycles. The standard InChI is InChI=1S/C9H17IO4S/c1-7(2)13-3-4-14-9-6-15(11,12)5-8(9)10/h7-9H,3-6H2,1-2H3. The van der Waals surface area contributed by atoms with Gasteiger partial charge in [-0.2, -0.15) is 0 Å². The summed E-state index contributed by atoms with van der Waals surface area (Å²) in [6.07, 6.45) is 0.0303. The monoisotopic (exact) mass is 348 g/mol. The molecule has 0 amide bonds. The van der Waals surface area contributed by atoms with Crippen molar-refractivity contribution in [3.05, 3.63) is 0 Å². The summed E-state index contributed by atoms with van der Waals surface area (Å²) in [7, 11) is -2.87. The lowest BCUT2D eigenvalue weighted by molar-refractivity contribution is -0.00167. The summed E-state index contributed by atoms with van der Waals surface area (Å²) < 4.78 is 33.4. The van der Waals surface area contributed by atoms with Crippen LogP contribution in [0.15, 0.2) is 0 Å².